The van der Waals surface area contributed by atoms with Gasteiger partial charge >= 0.3 is 0 Å². The van der Waals surface area contributed by atoms with Crippen molar-refractivity contribution in [1.82, 2.24) is 30.1 Å². The fourth-order valence-corrected chi connectivity index (χ4v) is 5.27. The summed E-state index contributed by atoms with van der Waals surface area (Å²) in [4.78, 5) is 30.8. The molecule has 3 aliphatic heterocycles. The van der Waals surface area contributed by atoms with Crippen LogP contribution in [0.4, 0.5) is 0 Å². The minimum atomic E-state index is -0.607. The van der Waals surface area contributed by atoms with Crippen molar-refractivity contribution in [2.45, 2.75) is 50.2 Å². The van der Waals surface area contributed by atoms with E-state index >= 15 is 0 Å². The number of piperazine rings is 1. The summed E-state index contributed by atoms with van der Waals surface area (Å²) in [6.45, 7) is 2.76. The minimum Gasteiger partial charge on any atom is -0.493 e. The first-order chi connectivity index (χ1) is 17.5. The second kappa shape index (κ2) is 10.9. The molecule has 1 N–H and O–H groups in total. The highest BCUT2D eigenvalue weighted by Crippen LogP contribution is 2.31. The lowest BCUT2D eigenvalue weighted by molar-refractivity contribution is -0.130. The van der Waals surface area contributed by atoms with Gasteiger partial charge in [-0.3, -0.25) is 9.59 Å². The van der Waals surface area contributed by atoms with Gasteiger partial charge in [-0.15, -0.1) is 5.10 Å². The normalized spacial score (nSPS) is 27.9. The number of aromatic nitrogens is 3. The number of likely N-dealkylation sites (N-methyl/N-ethyl adjacent to an activating group) is 1. The second-order valence-electron chi connectivity index (χ2n) is 9.72. The molecule has 11 nitrogen and oxygen atoms in total. The molecule has 1 aromatic carbocycles. The zero-order valence-corrected chi connectivity index (χ0v) is 20.8. The summed E-state index contributed by atoms with van der Waals surface area (Å²) >= 11 is 0. The molecule has 4 heterocycles. The molecule has 0 saturated carbocycles. The highest BCUT2D eigenvalue weighted by atomic mass is 16.5. The summed E-state index contributed by atoms with van der Waals surface area (Å²) < 4.78 is 19.6. The number of amides is 2. The summed E-state index contributed by atoms with van der Waals surface area (Å²) in [5, 5.41) is 11.6. The van der Waals surface area contributed by atoms with Gasteiger partial charge < -0.3 is 29.3 Å². The van der Waals surface area contributed by atoms with Gasteiger partial charge in [0.05, 0.1) is 43.2 Å². The van der Waals surface area contributed by atoms with E-state index in [0.717, 1.165) is 18.5 Å². The molecule has 1 aromatic heterocycles. The molecule has 5 rings (SSSR count). The van der Waals surface area contributed by atoms with Gasteiger partial charge in [-0.25, -0.2) is 4.68 Å². The van der Waals surface area contributed by atoms with Gasteiger partial charge in [-0.2, -0.15) is 0 Å². The summed E-state index contributed by atoms with van der Waals surface area (Å²) in [6, 6.07) is 6.59. The van der Waals surface area contributed by atoms with E-state index < -0.39 is 6.04 Å². The second-order valence-corrected chi connectivity index (χ2v) is 9.72. The van der Waals surface area contributed by atoms with Crippen LogP contribution >= 0.6 is 0 Å². The number of hydrogen-bond acceptors (Lipinski definition) is 8. The number of benzene rings is 1. The number of hydrogen-bond donors (Lipinski definition) is 1. The molecule has 3 aliphatic rings. The molecular formula is C25H34N6O5. The van der Waals surface area contributed by atoms with Gasteiger partial charge in [0.1, 0.15) is 17.5 Å². The molecular weight excluding hydrogens is 464 g/mol. The lowest BCUT2D eigenvalue weighted by atomic mass is 9.96. The Hall–Kier alpha value is -3.02. The van der Waals surface area contributed by atoms with E-state index in [1.807, 2.05) is 36.1 Å². The van der Waals surface area contributed by atoms with Crippen molar-refractivity contribution in [2.75, 3.05) is 46.9 Å². The Balaban J connectivity index is 1.41. The van der Waals surface area contributed by atoms with Crippen molar-refractivity contribution >= 4 is 11.8 Å². The molecule has 0 radical (unpaired) electrons. The maximum Gasteiger partial charge on any atom is 0.258 e. The van der Waals surface area contributed by atoms with E-state index in [9.17, 15) is 9.59 Å². The quantitative estimate of drug-likeness (QED) is 0.664. The van der Waals surface area contributed by atoms with Gasteiger partial charge in [0.15, 0.2) is 0 Å². The van der Waals surface area contributed by atoms with Gasteiger partial charge in [0.2, 0.25) is 5.91 Å². The number of methoxy groups -OCH3 is 1. The molecule has 2 saturated heterocycles. The summed E-state index contributed by atoms with van der Waals surface area (Å²) in [5.74, 6) is 0.170. The third-order valence-electron chi connectivity index (χ3n) is 7.21. The van der Waals surface area contributed by atoms with Crippen molar-refractivity contribution < 1.29 is 23.8 Å². The Labute approximate surface area is 210 Å². The largest absolute Gasteiger partial charge is 0.493 e. The van der Waals surface area contributed by atoms with E-state index in [0.29, 0.717) is 57.1 Å². The first-order valence-electron chi connectivity index (χ1n) is 12.6. The van der Waals surface area contributed by atoms with E-state index in [1.165, 1.54) is 0 Å². The average Bonchev–Trinajstić information content (AvgIpc) is 3.35. The fraction of sp³-hybridized carbons (Fsp3) is 0.600. The lowest BCUT2D eigenvalue weighted by Crippen LogP contribution is -2.60. The average molecular weight is 499 g/mol. The van der Waals surface area contributed by atoms with Crippen LogP contribution in [0.2, 0.25) is 0 Å². The van der Waals surface area contributed by atoms with Crippen LogP contribution in [0.1, 0.15) is 41.4 Å². The predicted molar refractivity (Wildman–Crippen MR) is 130 cm³/mol. The number of carbonyl (C=O) groups is 2. The Kier molecular flexibility index (Phi) is 7.49. The number of rotatable bonds is 3. The van der Waals surface area contributed by atoms with E-state index in [2.05, 4.69) is 20.5 Å². The zero-order chi connectivity index (χ0) is 25.1. The molecule has 2 bridgehead atoms. The van der Waals surface area contributed by atoms with Crippen LogP contribution in [0.25, 0.3) is 0 Å². The van der Waals surface area contributed by atoms with E-state index in [1.54, 1.807) is 18.1 Å². The smallest absolute Gasteiger partial charge is 0.258 e. The SMILES string of the molecule is COCc1cn([C@@H]2CC[C@H]3CCOc4ccccc4C(=O)N4CCN(C)C[C@H]4C(=O)NC[C@H]2O3)nn1. The first kappa shape index (κ1) is 24.7. The topological polar surface area (TPSA) is 111 Å². The first-order valence-corrected chi connectivity index (χ1v) is 12.6. The zero-order valence-electron chi connectivity index (χ0n) is 20.8. The number of carbonyl (C=O) groups excluding carboxylic acids is 2. The Morgan fingerprint density at radius 2 is 2.03 bits per heavy atom. The van der Waals surface area contributed by atoms with Gasteiger partial charge in [-0.1, -0.05) is 17.3 Å². The van der Waals surface area contributed by atoms with Crippen LogP contribution < -0.4 is 10.1 Å². The van der Waals surface area contributed by atoms with Crippen LogP contribution in [-0.4, -0.2) is 102 Å². The monoisotopic (exact) mass is 498 g/mol. The third kappa shape index (κ3) is 5.23. The number of nitrogens with one attached hydrogen (secondary N) is 1. The maximum atomic E-state index is 13.6. The maximum absolute atomic E-state index is 13.6. The Bertz CT molecular complexity index is 1080. The molecule has 0 unspecified atom stereocenters. The molecule has 0 aliphatic carbocycles. The molecule has 194 valence electrons. The molecule has 11 heteroatoms. The number of para-hydroxylation sites is 1. The minimum absolute atomic E-state index is 0.0202. The predicted octanol–water partition coefficient (Wildman–Crippen LogP) is 0.868. The Morgan fingerprint density at radius 3 is 2.89 bits per heavy atom. The van der Waals surface area contributed by atoms with E-state index in [4.69, 9.17) is 14.2 Å². The highest BCUT2D eigenvalue weighted by Gasteiger charge is 2.38. The lowest BCUT2D eigenvalue weighted by Gasteiger charge is -2.40. The summed E-state index contributed by atoms with van der Waals surface area (Å²) in [5.41, 5.74) is 1.23. The van der Waals surface area contributed by atoms with E-state index in [-0.39, 0.29) is 30.1 Å². The standard InChI is InChI=1S/C25H34N6O5/c1-29-10-11-30-21(15-29)24(32)26-13-23-20(31-14-17(16-34-2)27-28-31)8-7-18(36-23)9-12-35-22-6-4-3-5-19(22)25(30)33/h3-6,14,18,20-21,23H,7-13,15-16H2,1-2H3,(H,26,32)/t18-,20+,21-,23+/m0/s1. The third-order valence-corrected chi connectivity index (χ3v) is 7.21. The molecule has 0 spiro atoms. The van der Waals surface area contributed by atoms with Crippen LogP contribution in [0.15, 0.2) is 30.5 Å². The van der Waals surface area contributed by atoms with Crippen LogP contribution in [0.3, 0.4) is 0 Å². The molecule has 2 fully saturated rings. The molecule has 2 amide bonds. The Morgan fingerprint density at radius 1 is 1.17 bits per heavy atom. The van der Waals surface area contributed by atoms with Crippen LogP contribution in [0.5, 0.6) is 5.75 Å². The van der Waals surface area contributed by atoms with Gasteiger partial charge in [0, 0.05) is 39.7 Å². The number of fused-ring (bicyclic) bond motifs is 4. The van der Waals surface area contributed by atoms with Crippen molar-refractivity contribution in [3.63, 3.8) is 0 Å². The van der Waals surface area contributed by atoms with Crippen molar-refractivity contribution in [1.29, 1.82) is 0 Å². The van der Waals surface area contributed by atoms with Crippen molar-refractivity contribution in [3.8, 4) is 5.75 Å². The number of nitrogens with zero attached hydrogens (tertiary/aromatic N) is 5. The van der Waals surface area contributed by atoms with Gasteiger partial charge in [0.25, 0.3) is 5.91 Å². The van der Waals surface area contributed by atoms with Gasteiger partial charge in [-0.05, 0) is 32.0 Å². The van der Waals surface area contributed by atoms with Crippen LogP contribution in [0, 0.1) is 0 Å². The molecule has 2 aromatic rings. The molecule has 4 atom stereocenters. The van der Waals surface area contributed by atoms with Crippen molar-refractivity contribution in [3.05, 3.63) is 41.7 Å². The van der Waals surface area contributed by atoms with Crippen LogP contribution in [-0.2, 0) is 20.9 Å². The number of ether oxygens (including phenoxy) is 3. The van der Waals surface area contributed by atoms with Crippen molar-refractivity contribution in [2.24, 2.45) is 0 Å². The summed E-state index contributed by atoms with van der Waals surface area (Å²) in [6.07, 6.45) is 3.93. The highest BCUT2D eigenvalue weighted by molar-refractivity contribution is 6.00. The summed E-state index contributed by atoms with van der Waals surface area (Å²) in [7, 11) is 3.59. The molecule has 36 heavy (non-hydrogen) atoms. The fourth-order valence-electron chi connectivity index (χ4n) is 5.27.